The van der Waals surface area contributed by atoms with Crippen LogP contribution in [0.3, 0.4) is 0 Å². The first kappa shape index (κ1) is 21.1. The van der Waals surface area contributed by atoms with Crippen LogP contribution in [-0.2, 0) is 13.1 Å². The van der Waals surface area contributed by atoms with Gasteiger partial charge in [-0.05, 0) is 54.7 Å². The second-order valence-corrected chi connectivity index (χ2v) is 8.23. The van der Waals surface area contributed by atoms with Crippen molar-refractivity contribution in [3.63, 3.8) is 0 Å². The van der Waals surface area contributed by atoms with Gasteiger partial charge in [0.05, 0.1) is 0 Å². The highest BCUT2D eigenvalue weighted by atomic mass is 35.5. The minimum absolute atomic E-state index is 0.163. The molecule has 0 bridgehead atoms. The topological polar surface area (TPSA) is 78.5 Å². The Balaban J connectivity index is 1.33. The van der Waals surface area contributed by atoms with Gasteiger partial charge >= 0.3 is 0 Å². The fourth-order valence-corrected chi connectivity index (χ4v) is 3.94. The number of nitrogens with one attached hydrogen (secondary N) is 2. The number of benzene rings is 2. The van der Waals surface area contributed by atoms with Crippen LogP contribution in [0.25, 0.3) is 0 Å². The first-order valence-corrected chi connectivity index (χ1v) is 10.8. The average Bonchev–Trinajstić information content (AvgIpc) is 2.81. The van der Waals surface area contributed by atoms with Gasteiger partial charge in [-0.2, -0.15) is 0 Å². The molecular weight excluding hydrogens is 414 g/mol. The van der Waals surface area contributed by atoms with Crippen molar-refractivity contribution in [1.29, 1.82) is 0 Å². The molecule has 0 saturated carbocycles. The highest BCUT2D eigenvalue weighted by Crippen LogP contribution is 2.24. The van der Waals surface area contributed by atoms with Gasteiger partial charge in [0, 0.05) is 36.8 Å². The molecule has 1 amide bonds. The van der Waals surface area contributed by atoms with Crippen LogP contribution in [-0.4, -0.2) is 19.0 Å². The molecule has 2 N–H and O–H groups in total. The van der Waals surface area contributed by atoms with Crippen molar-refractivity contribution < 1.29 is 4.79 Å². The molecule has 1 aliphatic heterocycles. The van der Waals surface area contributed by atoms with E-state index in [0.29, 0.717) is 35.1 Å². The number of anilines is 2. The van der Waals surface area contributed by atoms with E-state index in [4.69, 9.17) is 11.6 Å². The van der Waals surface area contributed by atoms with Gasteiger partial charge in [0.15, 0.2) is 0 Å². The van der Waals surface area contributed by atoms with E-state index in [0.717, 1.165) is 43.5 Å². The molecule has 160 valence electrons. The number of carbonyl (C=O) groups is 1. The van der Waals surface area contributed by atoms with Gasteiger partial charge < -0.3 is 15.5 Å². The number of hydrogen-bond donors (Lipinski definition) is 2. The summed E-state index contributed by atoms with van der Waals surface area (Å²) in [4.78, 5) is 38.5. The monoisotopic (exact) mass is 437 g/mol. The molecule has 6 nitrogen and oxygen atoms in total. The Morgan fingerprint density at radius 2 is 1.45 bits per heavy atom. The standard InChI is InChI=1S/C24H24ClN3O3/c25-19-10-6-17(7-11-19)15-27-24(31)18-8-4-16(5-9-18)14-26-20-21(23(30)22(20)29)28-12-2-1-3-13-28/h4-11,26H,1-3,12-15H2,(H,27,31). The van der Waals surface area contributed by atoms with E-state index < -0.39 is 10.9 Å². The zero-order valence-electron chi connectivity index (χ0n) is 17.1. The van der Waals surface area contributed by atoms with Crippen molar-refractivity contribution in [2.75, 3.05) is 23.3 Å². The minimum atomic E-state index is -0.446. The van der Waals surface area contributed by atoms with E-state index in [2.05, 4.69) is 10.6 Å². The number of carbonyl (C=O) groups excluding carboxylic acids is 1. The minimum Gasteiger partial charge on any atom is -0.376 e. The lowest BCUT2D eigenvalue weighted by atomic mass is 10.1. The third-order valence-corrected chi connectivity index (χ3v) is 5.86. The maximum atomic E-state index is 12.4. The molecular formula is C24H24ClN3O3. The van der Waals surface area contributed by atoms with Gasteiger partial charge in [-0.25, -0.2) is 0 Å². The van der Waals surface area contributed by atoms with Gasteiger partial charge in [-0.15, -0.1) is 0 Å². The number of halogens is 1. The molecule has 0 aliphatic carbocycles. The van der Waals surface area contributed by atoms with Crippen LogP contribution in [0.5, 0.6) is 0 Å². The second kappa shape index (κ2) is 9.35. The van der Waals surface area contributed by atoms with Crippen molar-refractivity contribution in [2.45, 2.75) is 32.4 Å². The lowest BCUT2D eigenvalue weighted by molar-refractivity contribution is 0.0951. The van der Waals surface area contributed by atoms with Crippen molar-refractivity contribution in [3.8, 4) is 0 Å². The van der Waals surface area contributed by atoms with Crippen molar-refractivity contribution in [2.24, 2.45) is 0 Å². The maximum absolute atomic E-state index is 12.4. The fourth-order valence-electron chi connectivity index (χ4n) is 3.81. The summed E-state index contributed by atoms with van der Waals surface area (Å²) in [5.41, 5.74) is 2.55. The van der Waals surface area contributed by atoms with Crippen LogP contribution in [0.2, 0.25) is 5.02 Å². The summed E-state index contributed by atoms with van der Waals surface area (Å²) in [6.07, 6.45) is 3.24. The van der Waals surface area contributed by atoms with Gasteiger partial charge in [0.1, 0.15) is 11.4 Å². The molecule has 0 spiro atoms. The highest BCUT2D eigenvalue weighted by molar-refractivity contribution is 6.30. The number of rotatable bonds is 7. The van der Waals surface area contributed by atoms with Gasteiger partial charge in [-0.1, -0.05) is 35.9 Å². The van der Waals surface area contributed by atoms with Gasteiger partial charge in [-0.3, -0.25) is 14.4 Å². The number of hydrogen-bond acceptors (Lipinski definition) is 5. The Bertz CT molecular complexity index is 1130. The first-order chi connectivity index (χ1) is 15.0. The summed E-state index contributed by atoms with van der Waals surface area (Å²) >= 11 is 5.87. The fraction of sp³-hybridized carbons (Fsp3) is 0.292. The van der Waals surface area contributed by atoms with Crippen LogP contribution in [0, 0.1) is 0 Å². The average molecular weight is 438 g/mol. The Labute approximate surface area is 185 Å². The van der Waals surface area contributed by atoms with E-state index in [1.165, 1.54) is 0 Å². The highest BCUT2D eigenvalue weighted by Gasteiger charge is 2.26. The molecule has 0 aromatic heterocycles. The summed E-state index contributed by atoms with van der Waals surface area (Å²) in [5.74, 6) is -0.163. The van der Waals surface area contributed by atoms with E-state index in [-0.39, 0.29) is 5.91 Å². The largest absolute Gasteiger partial charge is 0.376 e. The zero-order chi connectivity index (χ0) is 21.8. The Hall–Kier alpha value is -3.12. The van der Waals surface area contributed by atoms with Crippen LogP contribution in [0.1, 0.15) is 40.7 Å². The maximum Gasteiger partial charge on any atom is 0.253 e. The van der Waals surface area contributed by atoms with Crippen LogP contribution < -0.4 is 26.4 Å². The summed E-state index contributed by atoms with van der Waals surface area (Å²) < 4.78 is 0. The van der Waals surface area contributed by atoms with Gasteiger partial charge in [0.25, 0.3) is 16.8 Å². The number of nitrogens with zero attached hydrogens (tertiary/aromatic N) is 1. The molecule has 1 fully saturated rings. The summed E-state index contributed by atoms with van der Waals surface area (Å²) in [6, 6.07) is 14.5. The molecule has 4 rings (SSSR count). The molecule has 3 aromatic rings. The van der Waals surface area contributed by atoms with Crippen LogP contribution in [0.4, 0.5) is 11.4 Å². The quantitative estimate of drug-likeness (QED) is 0.553. The number of amides is 1. The zero-order valence-corrected chi connectivity index (χ0v) is 17.9. The molecule has 7 heteroatoms. The van der Waals surface area contributed by atoms with Crippen molar-refractivity contribution >= 4 is 28.9 Å². The summed E-state index contributed by atoms with van der Waals surface area (Å²) in [6.45, 7) is 2.47. The number of piperidine rings is 1. The lowest BCUT2D eigenvalue weighted by Crippen LogP contribution is -2.44. The molecule has 3 aromatic carbocycles. The third-order valence-electron chi connectivity index (χ3n) is 5.61. The van der Waals surface area contributed by atoms with E-state index in [9.17, 15) is 14.4 Å². The molecule has 1 aliphatic rings. The Morgan fingerprint density at radius 1 is 0.839 bits per heavy atom. The van der Waals surface area contributed by atoms with E-state index >= 15 is 0 Å². The molecule has 1 heterocycles. The summed E-state index contributed by atoms with van der Waals surface area (Å²) in [5, 5.41) is 6.66. The van der Waals surface area contributed by atoms with Crippen molar-refractivity contribution in [3.05, 3.63) is 90.7 Å². The van der Waals surface area contributed by atoms with Crippen molar-refractivity contribution in [1.82, 2.24) is 5.32 Å². The van der Waals surface area contributed by atoms with E-state index in [1.54, 1.807) is 24.3 Å². The predicted octanol–water partition coefficient (Wildman–Crippen LogP) is 3.47. The Morgan fingerprint density at radius 3 is 2.13 bits per heavy atom. The van der Waals surface area contributed by atoms with E-state index in [1.807, 2.05) is 29.2 Å². The Kier molecular flexibility index (Phi) is 6.37. The third kappa shape index (κ3) is 4.80. The van der Waals surface area contributed by atoms with Gasteiger partial charge in [0.2, 0.25) is 0 Å². The molecule has 0 atom stereocenters. The molecule has 1 saturated heterocycles. The summed E-state index contributed by atoms with van der Waals surface area (Å²) in [7, 11) is 0. The lowest BCUT2D eigenvalue weighted by Gasteiger charge is -2.30. The predicted molar refractivity (Wildman–Crippen MR) is 124 cm³/mol. The second-order valence-electron chi connectivity index (χ2n) is 7.79. The van der Waals surface area contributed by atoms with Crippen LogP contribution >= 0.6 is 11.6 Å². The molecule has 0 radical (unpaired) electrons. The smallest absolute Gasteiger partial charge is 0.253 e. The van der Waals surface area contributed by atoms with Crippen LogP contribution in [0.15, 0.2) is 58.1 Å². The molecule has 31 heavy (non-hydrogen) atoms. The first-order valence-electron chi connectivity index (χ1n) is 10.5. The SMILES string of the molecule is O=C(NCc1ccc(Cl)cc1)c1ccc(CNc2c(N3CCCCC3)c(=O)c2=O)cc1. The normalized spacial score (nSPS) is 13.9. The molecule has 0 unspecified atom stereocenters.